The van der Waals surface area contributed by atoms with Gasteiger partial charge in [0.15, 0.2) is 0 Å². The van der Waals surface area contributed by atoms with Gasteiger partial charge in [-0.15, -0.1) is 11.3 Å². The Morgan fingerprint density at radius 1 is 1.27 bits per heavy atom. The third kappa shape index (κ3) is 3.23. The fourth-order valence-corrected chi connectivity index (χ4v) is 5.20. The molecule has 2 aromatic rings. The predicted molar refractivity (Wildman–Crippen MR) is 100 cm³/mol. The van der Waals surface area contributed by atoms with Crippen molar-refractivity contribution >= 4 is 34.8 Å². The third-order valence-electron chi connectivity index (χ3n) is 5.44. The zero-order valence-corrected chi connectivity index (χ0v) is 15.7. The van der Waals surface area contributed by atoms with Crippen LogP contribution < -0.4 is 0 Å². The van der Waals surface area contributed by atoms with Crippen molar-refractivity contribution in [2.75, 3.05) is 6.54 Å². The maximum Gasteiger partial charge on any atom is 0.326 e. The van der Waals surface area contributed by atoms with Crippen LogP contribution in [0, 0.1) is 11.8 Å². The van der Waals surface area contributed by atoms with Crippen molar-refractivity contribution in [3.05, 3.63) is 40.4 Å². The van der Waals surface area contributed by atoms with Crippen LogP contribution in [-0.4, -0.2) is 39.5 Å². The van der Waals surface area contributed by atoms with Crippen molar-refractivity contribution in [2.45, 2.75) is 31.7 Å². The number of carbonyl (C=O) groups excluding carboxylic acids is 1. The fourth-order valence-electron chi connectivity index (χ4n) is 4.25. The summed E-state index contributed by atoms with van der Waals surface area (Å²) in [5.41, 5.74) is 1.64. The minimum Gasteiger partial charge on any atom is -0.480 e. The molecule has 1 aliphatic carbocycles. The summed E-state index contributed by atoms with van der Waals surface area (Å²) in [4.78, 5) is 30.6. The lowest BCUT2D eigenvalue weighted by molar-refractivity contribution is -0.149. The number of halogens is 1. The summed E-state index contributed by atoms with van der Waals surface area (Å²) in [7, 11) is 0. The quantitative estimate of drug-likeness (QED) is 0.863. The number of benzene rings is 1. The lowest BCUT2D eigenvalue weighted by Crippen LogP contribution is -2.44. The van der Waals surface area contributed by atoms with Gasteiger partial charge < -0.3 is 10.0 Å². The van der Waals surface area contributed by atoms with Crippen LogP contribution in [0.15, 0.2) is 29.6 Å². The van der Waals surface area contributed by atoms with Gasteiger partial charge in [0.1, 0.15) is 11.0 Å². The standard InChI is InChI=1S/C19H19ClN2O3S/c20-13-6-4-11(5-7-13)18-21-14(10-26-18)8-16(23)22-9-12-2-1-3-15(12)17(22)19(24)25/h4-7,10,12,15,17H,1-3,8-9H2,(H,24,25). The number of carboxylic acids is 1. The van der Waals surface area contributed by atoms with Crippen LogP contribution in [0.4, 0.5) is 0 Å². The lowest BCUT2D eigenvalue weighted by atomic mass is 9.94. The molecule has 5 nitrogen and oxygen atoms in total. The van der Waals surface area contributed by atoms with Crippen LogP contribution in [0.1, 0.15) is 25.0 Å². The topological polar surface area (TPSA) is 70.5 Å². The highest BCUT2D eigenvalue weighted by Gasteiger charge is 2.49. The minimum absolute atomic E-state index is 0.108. The van der Waals surface area contributed by atoms with Gasteiger partial charge in [0, 0.05) is 22.5 Å². The van der Waals surface area contributed by atoms with Gasteiger partial charge in [0.2, 0.25) is 5.91 Å². The highest BCUT2D eigenvalue weighted by Crippen LogP contribution is 2.42. The molecule has 7 heteroatoms. The number of carbonyl (C=O) groups is 2. The van der Waals surface area contributed by atoms with Crippen molar-refractivity contribution in [3.63, 3.8) is 0 Å². The van der Waals surface area contributed by atoms with Crippen LogP contribution >= 0.6 is 22.9 Å². The Labute approximate surface area is 160 Å². The summed E-state index contributed by atoms with van der Waals surface area (Å²) in [6.45, 7) is 0.564. The number of nitrogens with zero attached hydrogens (tertiary/aromatic N) is 2. The molecule has 1 saturated carbocycles. The molecule has 3 atom stereocenters. The van der Waals surface area contributed by atoms with Crippen molar-refractivity contribution in [3.8, 4) is 10.6 Å². The van der Waals surface area contributed by atoms with Gasteiger partial charge in [0.25, 0.3) is 0 Å². The smallest absolute Gasteiger partial charge is 0.326 e. The van der Waals surface area contributed by atoms with E-state index in [4.69, 9.17) is 11.6 Å². The van der Waals surface area contributed by atoms with Crippen LogP contribution in [0.3, 0.4) is 0 Å². The van der Waals surface area contributed by atoms with Crippen LogP contribution in [0.2, 0.25) is 5.02 Å². The SMILES string of the molecule is O=C(O)C1C2CCCC2CN1C(=O)Cc1csc(-c2ccc(Cl)cc2)n1. The average Bonchev–Trinajstić information content (AvgIpc) is 3.29. The Hall–Kier alpha value is -1.92. The zero-order valence-electron chi connectivity index (χ0n) is 14.1. The maximum absolute atomic E-state index is 12.8. The highest BCUT2D eigenvalue weighted by molar-refractivity contribution is 7.13. The molecular weight excluding hydrogens is 372 g/mol. The molecule has 2 heterocycles. The number of amides is 1. The second kappa shape index (κ2) is 7.00. The molecule has 0 radical (unpaired) electrons. The van der Waals surface area contributed by atoms with E-state index in [0.29, 0.717) is 23.2 Å². The molecule has 0 bridgehead atoms. The second-order valence-corrected chi connectivity index (χ2v) is 8.31. The molecule has 4 rings (SSSR count). The number of thiazole rings is 1. The maximum atomic E-state index is 12.8. The normalized spacial score (nSPS) is 24.7. The summed E-state index contributed by atoms with van der Waals surface area (Å²) < 4.78 is 0. The number of aromatic nitrogens is 1. The molecule has 1 aromatic heterocycles. The predicted octanol–water partition coefficient (Wildman–Crippen LogP) is 3.72. The van der Waals surface area contributed by atoms with Gasteiger partial charge in [-0.3, -0.25) is 4.79 Å². The van der Waals surface area contributed by atoms with Gasteiger partial charge >= 0.3 is 5.97 Å². The zero-order chi connectivity index (χ0) is 18.3. The average molecular weight is 391 g/mol. The molecule has 3 unspecified atom stereocenters. The number of aliphatic carboxylic acids is 1. The molecule has 136 valence electrons. The van der Waals surface area contributed by atoms with Crippen molar-refractivity contribution in [1.29, 1.82) is 0 Å². The van der Waals surface area contributed by atoms with E-state index in [-0.39, 0.29) is 18.2 Å². The fraction of sp³-hybridized carbons (Fsp3) is 0.421. The van der Waals surface area contributed by atoms with E-state index in [9.17, 15) is 14.7 Å². The number of fused-ring (bicyclic) bond motifs is 1. The van der Waals surface area contributed by atoms with Crippen molar-refractivity contribution in [1.82, 2.24) is 9.88 Å². The molecule has 1 aliphatic heterocycles. The van der Waals surface area contributed by atoms with Gasteiger partial charge in [0.05, 0.1) is 12.1 Å². The molecule has 2 aliphatic rings. The van der Waals surface area contributed by atoms with Gasteiger partial charge in [-0.05, 0) is 36.8 Å². The molecular formula is C19H19ClN2O3S. The number of rotatable bonds is 4. The van der Waals surface area contributed by atoms with E-state index in [1.165, 1.54) is 11.3 Å². The molecule has 0 spiro atoms. The second-order valence-electron chi connectivity index (χ2n) is 7.01. The number of likely N-dealkylation sites (tertiary alicyclic amines) is 1. The van der Waals surface area contributed by atoms with Crippen LogP contribution in [0.5, 0.6) is 0 Å². The molecule has 1 saturated heterocycles. The highest BCUT2D eigenvalue weighted by atomic mass is 35.5. The first-order valence-corrected chi connectivity index (χ1v) is 10.0. The van der Waals surface area contributed by atoms with E-state index in [2.05, 4.69) is 4.98 Å². The monoisotopic (exact) mass is 390 g/mol. The number of hydrogen-bond acceptors (Lipinski definition) is 4. The van der Waals surface area contributed by atoms with Gasteiger partial charge in [-0.1, -0.05) is 30.2 Å². The van der Waals surface area contributed by atoms with Gasteiger partial charge in [-0.2, -0.15) is 0 Å². The molecule has 1 N–H and O–H groups in total. The summed E-state index contributed by atoms with van der Waals surface area (Å²) >= 11 is 7.39. The number of hydrogen-bond donors (Lipinski definition) is 1. The van der Waals surface area contributed by atoms with Crippen LogP contribution in [0.25, 0.3) is 10.6 Å². The Morgan fingerprint density at radius 2 is 2.04 bits per heavy atom. The van der Waals surface area contributed by atoms with Crippen molar-refractivity contribution < 1.29 is 14.7 Å². The Morgan fingerprint density at radius 3 is 2.77 bits per heavy atom. The summed E-state index contributed by atoms with van der Waals surface area (Å²) in [6.07, 6.45) is 3.14. The molecule has 1 aromatic carbocycles. The largest absolute Gasteiger partial charge is 0.480 e. The Bertz CT molecular complexity index is 836. The first kappa shape index (κ1) is 17.5. The van der Waals surface area contributed by atoms with E-state index in [0.717, 1.165) is 29.8 Å². The van der Waals surface area contributed by atoms with E-state index in [1.54, 1.807) is 4.90 Å². The van der Waals surface area contributed by atoms with E-state index < -0.39 is 12.0 Å². The number of carboxylic acid groups (broad SMARTS) is 1. The molecule has 2 fully saturated rings. The van der Waals surface area contributed by atoms with Gasteiger partial charge in [-0.25, -0.2) is 9.78 Å². The first-order valence-electron chi connectivity index (χ1n) is 8.75. The Balaban J connectivity index is 1.48. The molecule has 1 amide bonds. The van der Waals surface area contributed by atoms with E-state index >= 15 is 0 Å². The Kier molecular flexibility index (Phi) is 4.71. The van der Waals surface area contributed by atoms with Crippen LogP contribution in [-0.2, 0) is 16.0 Å². The van der Waals surface area contributed by atoms with E-state index in [1.807, 2.05) is 29.6 Å². The minimum atomic E-state index is -0.882. The first-order chi connectivity index (χ1) is 12.5. The summed E-state index contributed by atoms with van der Waals surface area (Å²) in [5, 5.41) is 13.0. The van der Waals surface area contributed by atoms with Crippen molar-refractivity contribution in [2.24, 2.45) is 11.8 Å². The summed E-state index contributed by atoms with van der Waals surface area (Å²) in [6, 6.07) is 6.74. The third-order valence-corrected chi connectivity index (χ3v) is 6.63. The molecule has 26 heavy (non-hydrogen) atoms. The lowest BCUT2D eigenvalue weighted by Gasteiger charge is -2.24. The summed E-state index contributed by atoms with van der Waals surface area (Å²) in [5.74, 6) is -0.579.